The number of pyridine rings is 1. The van der Waals surface area contributed by atoms with Gasteiger partial charge in [0.1, 0.15) is 18.0 Å². The van der Waals surface area contributed by atoms with Gasteiger partial charge in [-0.15, -0.1) is 0 Å². The number of aromatic nitrogens is 3. The van der Waals surface area contributed by atoms with Gasteiger partial charge in [0.2, 0.25) is 5.95 Å². The molecule has 2 aliphatic rings. The molecule has 0 saturated carbocycles. The van der Waals surface area contributed by atoms with Crippen molar-refractivity contribution in [2.45, 2.75) is 49.5 Å². The summed E-state index contributed by atoms with van der Waals surface area (Å²) in [5, 5.41) is 36.9. The van der Waals surface area contributed by atoms with Gasteiger partial charge < -0.3 is 41.4 Å². The fourth-order valence-electron chi connectivity index (χ4n) is 3.34. The molecule has 2 aromatic heterocycles. The van der Waals surface area contributed by atoms with Gasteiger partial charge >= 0.3 is 0 Å². The summed E-state index contributed by atoms with van der Waals surface area (Å²) in [5.74, 6) is 0.659. The lowest BCUT2D eigenvalue weighted by atomic mass is 10.1. The van der Waals surface area contributed by atoms with E-state index in [-0.39, 0.29) is 31.4 Å². The van der Waals surface area contributed by atoms with E-state index in [0.717, 1.165) is 11.1 Å². The maximum atomic E-state index is 9.55. The van der Waals surface area contributed by atoms with Crippen LogP contribution >= 0.6 is 0 Å². The summed E-state index contributed by atoms with van der Waals surface area (Å²) >= 11 is 0. The van der Waals surface area contributed by atoms with E-state index in [4.69, 9.17) is 31.2 Å². The predicted molar refractivity (Wildman–Crippen MR) is 106 cm³/mol. The zero-order valence-electron chi connectivity index (χ0n) is 16.3. The number of anilines is 2. The first kappa shape index (κ1) is 22.3. The Morgan fingerprint density at radius 2 is 1.30 bits per heavy atom. The molecule has 11 heteroatoms. The molecule has 2 aliphatic heterocycles. The quantitative estimate of drug-likeness (QED) is 0.358. The van der Waals surface area contributed by atoms with Gasteiger partial charge in [-0.25, -0.2) is 15.0 Å². The summed E-state index contributed by atoms with van der Waals surface area (Å²) in [4.78, 5) is 11.6. The van der Waals surface area contributed by atoms with E-state index in [1.54, 1.807) is 24.7 Å². The minimum absolute atomic E-state index is 0.167. The molecule has 11 nitrogen and oxygen atoms in total. The average molecular weight is 421 g/mol. The number of hydrogen-bond donors (Lipinski definition) is 6. The minimum atomic E-state index is -0.641. The molecule has 0 amide bonds. The van der Waals surface area contributed by atoms with Crippen LogP contribution in [0.3, 0.4) is 0 Å². The molecular weight excluding hydrogens is 394 g/mol. The molecule has 2 fully saturated rings. The Hall–Kier alpha value is -2.41. The minimum Gasteiger partial charge on any atom is -0.394 e. The highest BCUT2D eigenvalue weighted by molar-refractivity contribution is 5.30. The van der Waals surface area contributed by atoms with Crippen molar-refractivity contribution in [1.29, 1.82) is 0 Å². The molecule has 2 saturated heterocycles. The zero-order chi connectivity index (χ0) is 21.7. The summed E-state index contributed by atoms with van der Waals surface area (Å²) in [6.45, 7) is -0.354. The van der Waals surface area contributed by atoms with Gasteiger partial charge in [-0.2, -0.15) is 0 Å². The molecule has 6 atom stereocenters. The fourth-order valence-corrected chi connectivity index (χ4v) is 3.34. The lowest BCUT2D eigenvalue weighted by Gasteiger charge is -2.11. The molecule has 2 unspecified atom stereocenters. The Morgan fingerprint density at radius 3 is 1.73 bits per heavy atom. The molecule has 4 rings (SSSR count). The number of hydrogen-bond acceptors (Lipinski definition) is 11. The van der Waals surface area contributed by atoms with Crippen LogP contribution in [0.5, 0.6) is 0 Å². The number of nitrogens with zero attached hydrogens (tertiary/aromatic N) is 3. The van der Waals surface area contributed by atoms with Crippen LogP contribution in [0.15, 0.2) is 30.7 Å². The molecule has 0 spiro atoms. The molecule has 0 bridgehead atoms. The second-order valence-electron chi connectivity index (χ2n) is 7.19. The van der Waals surface area contributed by atoms with Crippen LogP contribution in [-0.4, -0.2) is 73.0 Å². The normalized spacial score (nSPS) is 30.7. The third-order valence-corrected chi connectivity index (χ3v) is 5.05. The van der Waals surface area contributed by atoms with Crippen molar-refractivity contribution in [2.24, 2.45) is 0 Å². The van der Waals surface area contributed by atoms with Crippen molar-refractivity contribution in [3.8, 4) is 0 Å². The number of ether oxygens (including phenoxy) is 2. The second kappa shape index (κ2) is 10.1. The van der Waals surface area contributed by atoms with Crippen LogP contribution in [-0.2, 0) is 9.47 Å². The van der Waals surface area contributed by atoms with Crippen LogP contribution in [0, 0.1) is 0 Å². The summed E-state index contributed by atoms with van der Waals surface area (Å²) < 4.78 is 10.9. The van der Waals surface area contributed by atoms with Crippen LogP contribution in [0.4, 0.5) is 11.8 Å². The van der Waals surface area contributed by atoms with Gasteiger partial charge in [0.25, 0.3) is 0 Å². The average Bonchev–Trinajstić information content (AvgIpc) is 3.31. The van der Waals surface area contributed by atoms with Gasteiger partial charge in [0.15, 0.2) is 0 Å². The fraction of sp³-hybridized carbons (Fsp3) is 0.526. The molecule has 4 heterocycles. The van der Waals surface area contributed by atoms with E-state index in [1.807, 2.05) is 6.07 Å². The van der Waals surface area contributed by atoms with Gasteiger partial charge in [0, 0.05) is 37.0 Å². The summed E-state index contributed by atoms with van der Waals surface area (Å²) in [7, 11) is 0. The lowest BCUT2D eigenvalue weighted by molar-refractivity contribution is -0.0227. The number of aliphatic hydroxyl groups excluding tert-OH is 4. The van der Waals surface area contributed by atoms with Crippen molar-refractivity contribution < 1.29 is 29.9 Å². The SMILES string of the molecule is Nc1ccc([C@H]2CC(O)[C@@H](CO)O2)cn1.Nc1ncc([C@H]2CC(O)[C@@H](CO)O2)cn1. The third-order valence-electron chi connectivity index (χ3n) is 5.05. The van der Waals surface area contributed by atoms with Crippen LogP contribution in [0.1, 0.15) is 36.2 Å². The first-order valence-electron chi connectivity index (χ1n) is 9.58. The maximum absolute atomic E-state index is 9.55. The van der Waals surface area contributed by atoms with Gasteiger partial charge in [0.05, 0.1) is 37.6 Å². The summed E-state index contributed by atoms with van der Waals surface area (Å²) in [6.07, 6.45) is 2.96. The van der Waals surface area contributed by atoms with Crippen LogP contribution < -0.4 is 11.5 Å². The highest BCUT2D eigenvalue weighted by Crippen LogP contribution is 2.33. The Balaban J connectivity index is 0.000000171. The van der Waals surface area contributed by atoms with Gasteiger partial charge in [-0.05, 0) is 11.6 Å². The van der Waals surface area contributed by atoms with E-state index in [1.165, 1.54) is 0 Å². The summed E-state index contributed by atoms with van der Waals surface area (Å²) in [5.41, 5.74) is 12.5. The lowest BCUT2D eigenvalue weighted by Crippen LogP contribution is -2.24. The number of nitrogen functional groups attached to an aromatic ring is 2. The number of aliphatic hydroxyl groups is 4. The van der Waals surface area contributed by atoms with E-state index in [9.17, 15) is 10.2 Å². The molecule has 0 aliphatic carbocycles. The first-order chi connectivity index (χ1) is 14.4. The second-order valence-corrected chi connectivity index (χ2v) is 7.19. The third kappa shape index (κ3) is 5.39. The van der Waals surface area contributed by atoms with Crippen molar-refractivity contribution in [1.82, 2.24) is 15.0 Å². The number of rotatable bonds is 4. The predicted octanol–water partition coefficient (Wildman–Crippen LogP) is -0.911. The first-order valence-corrected chi connectivity index (χ1v) is 9.58. The van der Waals surface area contributed by atoms with Crippen molar-refractivity contribution in [2.75, 3.05) is 24.7 Å². The van der Waals surface area contributed by atoms with Crippen molar-refractivity contribution in [3.05, 3.63) is 41.9 Å². The molecule has 0 radical (unpaired) electrons. The van der Waals surface area contributed by atoms with Gasteiger partial charge in [-0.3, -0.25) is 0 Å². The molecule has 164 valence electrons. The highest BCUT2D eigenvalue weighted by atomic mass is 16.5. The molecule has 30 heavy (non-hydrogen) atoms. The van der Waals surface area contributed by atoms with Gasteiger partial charge in [-0.1, -0.05) is 6.07 Å². The van der Waals surface area contributed by atoms with E-state index in [2.05, 4.69) is 15.0 Å². The van der Waals surface area contributed by atoms with Crippen molar-refractivity contribution >= 4 is 11.8 Å². The zero-order valence-corrected chi connectivity index (χ0v) is 16.3. The monoisotopic (exact) mass is 421 g/mol. The smallest absolute Gasteiger partial charge is 0.219 e. The molecular formula is C19H27N5O6. The van der Waals surface area contributed by atoms with Crippen molar-refractivity contribution in [3.63, 3.8) is 0 Å². The number of nitrogens with two attached hydrogens (primary N) is 2. The Kier molecular flexibility index (Phi) is 7.48. The highest BCUT2D eigenvalue weighted by Gasteiger charge is 2.35. The topological polar surface area (TPSA) is 190 Å². The largest absolute Gasteiger partial charge is 0.394 e. The molecule has 2 aromatic rings. The van der Waals surface area contributed by atoms with E-state index >= 15 is 0 Å². The van der Waals surface area contributed by atoms with E-state index < -0.39 is 24.4 Å². The maximum Gasteiger partial charge on any atom is 0.219 e. The molecule has 0 aromatic carbocycles. The standard InChI is InChI=1S/C10H14N2O3.C9H13N3O3/c11-10-2-1-6(4-12-10)8-3-7(14)9(5-13)15-8;10-9-11-2-5(3-12-9)7-1-6(14)8(4-13)15-7/h1-2,4,7-9,13-14H,3,5H2,(H2,11,12);2-3,6-8,13-14H,1,4H2,(H2,10,11,12)/t7?,8-,9-;6?,7-,8-/m11/s1. The Labute approximate surface area is 173 Å². The van der Waals surface area contributed by atoms with Crippen LogP contribution in [0.2, 0.25) is 0 Å². The Bertz CT molecular complexity index is 726. The Morgan fingerprint density at radius 1 is 0.800 bits per heavy atom. The molecule has 8 N–H and O–H groups in total. The summed E-state index contributed by atoms with van der Waals surface area (Å²) in [6, 6.07) is 3.51. The van der Waals surface area contributed by atoms with Crippen LogP contribution in [0.25, 0.3) is 0 Å². The van der Waals surface area contributed by atoms with E-state index in [0.29, 0.717) is 18.7 Å².